The number of carbonyl (C=O) groups excluding carboxylic acids is 4. The Labute approximate surface area is 180 Å². The lowest BCUT2D eigenvalue weighted by atomic mass is 10.0. The number of hydrogen-bond acceptors (Lipinski definition) is 7. The first-order valence-corrected chi connectivity index (χ1v) is 10.3. The Morgan fingerprint density at radius 1 is 1.13 bits per heavy atom. The number of carboxylic acid groups (broad SMARTS) is 1. The fourth-order valence-electron chi connectivity index (χ4n) is 3.36. The molecule has 0 aromatic rings. The number of amides is 4. The van der Waals surface area contributed by atoms with Crippen molar-refractivity contribution in [2.75, 3.05) is 13.2 Å². The number of carboxylic acids is 1. The lowest BCUT2D eigenvalue weighted by Crippen LogP contribution is -2.57. The fourth-order valence-corrected chi connectivity index (χ4v) is 3.36. The normalized spacial score (nSPS) is 18.9. The van der Waals surface area contributed by atoms with Crippen molar-refractivity contribution in [1.82, 2.24) is 15.5 Å². The number of hydrogen-bond donors (Lipinski definition) is 6. The number of nitrogens with two attached hydrogens (primary N) is 2. The third-order valence-corrected chi connectivity index (χ3v) is 5.00. The van der Waals surface area contributed by atoms with Crippen LogP contribution in [0.25, 0.3) is 0 Å². The molecule has 0 radical (unpaired) electrons. The number of rotatable bonds is 12. The highest BCUT2D eigenvalue weighted by Gasteiger charge is 2.39. The van der Waals surface area contributed by atoms with Gasteiger partial charge in [-0.05, 0) is 31.6 Å². The van der Waals surface area contributed by atoms with Gasteiger partial charge in [-0.1, -0.05) is 13.8 Å². The van der Waals surface area contributed by atoms with Crippen LogP contribution in [0.4, 0.5) is 0 Å². The molecular weight excluding hydrogens is 410 g/mol. The molecule has 1 aliphatic heterocycles. The predicted octanol–water partition coefficient (Wildman–Crippen LogP) is -2.34. The number of primary amides is 1. The van der Waals surface area contributed by atoms with Crippen LogP contribution in [0.15, 0.2) is 0 Å². The highest BCUT2D eigenvalue weighted by molar-refractivity contribution is 5.94. The van der Waals surface area contributed by atoms with E-state index in [2.05, 4.69) is 10.6 Å². The van der Waals surface area contributed by atoms with Crippen LogP contribution in [-0.4, -0.2) is 82.0 Å². The van der Waals surface area contributed by atoms with Gasteiger partial charge in [0.2, 0.25) is 23.6 Å². The molecule has 31 heavy (non-hydrogen) atoms. The van der Waals surface area contributed by atoms with Gasteiger partial charge in [-0.25, -0.2) is 4.79 Å². The van der Waals surface area contributed by atoms with E-state index in [4.69, 9.17) is 11.5 Å². The molecule has 4 amide bonds. The lowest BCUT2D eigenvalue weighted by Gasteiger charge is -2.29. The van der Waals surface area contributed by atoms with Crippen LogP contribution in [-0.2, 0) is 24.0 Å². The van der Waals surface area contributed by atoms with Crippen molar-refractivity contribution in [2.24, 2.45) is 17.4 Å². The SMILES string of the molecule is CC(C)CC(NC(=O)C1CCCN1C(=O)C(CO)NC(=O)C(N)CCC(N)=O)C(=O)O. The largest absolute Gasteiger partial charge is 0.480 e. The van der Waals surface area contributed by atoms with E-state index in [0.29, 0.717) is 12.8 Å². The van der Waals surface area contributed by atoms with Gasteiger partial charge >= 0.3 is 5.97 Å². The zero-order valence-electron chi connectivity index (χ0n) is 17.9. The van der Waals surface area contributed by atoms with E-state index in [-0.39, 0.29) is 31.7 Å². The molecule has 12 heteroatoms. The van der Waals surface area contributed by atoms with Crippen molar-refractivity contribution in [3.8, 4) is 0 Å². The van der Waals surface area contributed by atoms with Crippen LogP contribution < -0.4 is 22.1 Å². The molecule has 1 rings (SSSR count). The summed E-state index contributed by atoms with van der Waals surface area (Å²) in [6, 6.07) is -4.41. The molecule has 4 unspecified atom stereocenters. The second-order valence-corrected chi connectivity index (χ2v) is 8.07. The molecule has 1 saturated heterocycles. The first-order chi connectivity index (χ1) is 14.5. The number of nitrogens with zero attached hydrogens (tertiary/aromatic N) is 1. The van der Waals surface area contributed by atoms with E-state index >= 15 is 0 Å². The zero-order valence-corrected chi connectivity index (χ0v) is 17.9. The van der Waals surface area contributed by atoms with E-state index in [9.17, 15) is 34.2 Å². The Morgan fingerprint density at radius 3 is 2.29 bits per heavy atom. The molecule has 1 fully saturated rings. The number of likely N-dealkylation sites (tertiary alicyclic amines) is 1. The molecule has 1 heterocycles. The summed E-state index contributed by atoms with van der Waals surface area (Å²) < 4.78 is 0. The van der Waals surface area contributed by atoms with Crippen LogP contribution in [0.2, 0.25) is 0 Å². The van der Waals surface area contributed by atoms with E-state index in [0.717, 1.165) is 0 Å². The van der Waals surface area contributed by atoms with Crippen molar-refractivity contribution in [3.63, 3.8) is 0 Å². The van der Waals surface area contributed by atoms with E-state index in [1.54, 1.807) is 0 Å². The topological polar surface area (TPSA) is 205 Å². The van der Waals surface area contributed by atoms with Gasteiger partial charge in [0, 0.05) is 13.0 Å². The molecule has 4 atom stereocenters. The van der Waals surface area contributed by atoms with Crippen LogP contribution in [0.5, 0.6) is 0 Å². The minimum absolute atomic E-state index is 0.0192. The van der Waals surface area contributed by atoms with Crippen molar-refractivity contribution in [3.05, 3.63) is 0 Å². The van der Waals surface area contributed by atoms with Gasteiger partial charge < -0.3 is 37.2 Å². The van der Waals surface area contributed by atoms with Gasteiger partial charge in [0.05, 0.1) is 12.6 Å². The highest BCUT2D eigenvalue weighted by Crippen LogP contribution is 2.19. The van der Waals surface area contributed by atoms with Gasteiger partial charge in [0.25, 0.3) is 0 Å². The van der Waals surface area contributed by atoms with Gasteiger partial charge in [0.1, 0.15) is 18.1 Å². The third-order valence-electron chi connectivity index (χ3n) is 5.00. The monoisotopic (exact) mass is 443 g/mol. The molecule has 8 N–H and O–H groups in total. The van der Waals surface area contributed by atoms with E-state index < -0.39 is 60.4 Å². The predicted molar refractivity (Wildman–Crippen MR) is 109 cm³/mol. The summed E-state index contributed by atoms with van der Waals surface area (Å²) in [5.74, 6) is -3.76. The molecule has 0 spiro atoms. The first kappa shape index (κ1) is 26.3. The number of carbonyl (C=O) groups is 5. The molecular formula is C19H33N5O7. The number of aliphatic hydroxyl groups is 1. The van der Waals surface area contributed by atoms with Gasteiger partial charge in [-0.3, -0.25) is 19.2 Å². The third kappa shape index (κ3) is 8.13. The molecule has 0 aliphatic carbocycles. The second-order valence-electron chi connectivity index (χ2n) is 8.07. The molecule has 12 nitrogen and oxygen atoms in total. The zero-order chi connectivity index (χ0) is 23.7. The van der Waals surface area contributed by atoms with E-state index in [1.165, 1.54) is 4.90 Å². The van der Waals surface area contributed by atoms with E-state index in [1.807, 2.05) is 13.8 Å². The second kappa shape index (κ2) is 12.2. The Balaban J connectivity index is 2.80. The van der Waals surface area contributed by atoms with Crippen molar-refractivity contribution < 1.29 is 34.2 Å². The van der Waals surface area contributed by atoms with Crippen LogP contribution in [0, 0.1) is 5.92 Å². The van der Waals surface area contributed by atoms with Crippen LogP contribution >= 0.6 is 0 Å². The minimum atomic E-state index is -1.33. The molecule has 0 aromatic carbocycles. The Morgan fingerprint density at radius 2 is 1.77 bits per heavy atom. The molecule has 0 bridgehead atoms. The average molecular weight is 444 g/mol. The van der Waals surface area contributed by atoms with Crippen LogP contribution in [0.3, 0.4) is 0 Å². The summed E-state index contributed by atoms with van der Waals surface area (Å²) in [6.07, 6.45) is 0.947. The van der Waals surface area contributed by atoms with Crippen LogP contribution in [0.1, 0.15) is 46.0 Å². The Hall–Kier alpha value is -2.73. The van der Waals surface area contributed by atoms with Gasteiger partial charge in [-0.15, -0.1) is 0 Å². The van der Waals surface area contributed by atoms with Crippen molar-refractivity contribution in [1.29, 1.82) is 0 Å². The molecule has 1 aliphatic rings. The van der Waals surface area contributed by atoms with Gasteiger partial charge in [0.15, 0.2) is 0 Å². The summed E-state index contributed by atoms with van der Waals surface area (Å²) in [5.41, 5.74) is 10.7. The molecule has 0 aromatic heterocycles. The molecule has 176 valence electrons. The number of aliphatic carboxylic acids is 1. The summed E-state index contributed by atoms with van der Waals surface area (Å²) in [6.45, 7) is 3.16. The average Bonchev–Trinajstić information content (AvgIpc) is 3.18. The smallest absolute Gasteiger partial charge is 0.326 e. The minimum Gasteiger partial charge on any atom is -0.480 e. The summed E-state index contributed by atoms with van der Waals surface area (Å²) in [7, 11) is 0. The summed E-state index contributed by atoms with van der Waals surface area (Å²) in [4.78, 5) is 61.2. The molecule has 0 saturated carbocycles. The number of aliphatic hydroxyl groups excluding tert-OH is 1. The first-order valence-electron chi connectivity index (χ1n) is 10.3. The standard InChI is InChI=1S/C19H33N5O7/c1-10(2)8-12(19(30)31)22-17(28)14-4-3-7-24(14)18(29)13(9-25)23-16(27)11(20)5-6-15(21)26/h10-14,25H,3-9,20H2,1-2H3,(H2,21,26)(H,22,28)(H,23,27)(H,30,31). The number of nitrogens with one attached hydrogen (secondary N) is 2. The van der Waals surface area contributed by atoms with Crippen molar-refractivity contribution in [2.45, 2.75) is 70.1 Å². The highest BCUT2D eigenvalue weighted by atomic mass is 16.4. The maximum absolute atomic E-state index is 12.9. The summed E-state index contributed by atoms with van der Waals surface area (Å²) in [5, 5.41) is 23.7. The van der Waals surface area contributed by atoms with Gasteiger partial charge in [-0.2, -0.15) is 0 Å². The Bertz CT molecular complexity index is 685. The van der Waals surface area contributed by atoms with Crippen molar-refractivity contribution >= 4 is 29.6 Å². The summed E-state index contributed by atoms with van der Waals surface area (Å²) >= 11 is 0. The fraction of sp³-hybridized carbons (Fsp3) is 0.737. The maximum atomic E-state index is 12.9. The Kier molecular flexibility index (Phi) is 10.4. The lowest BCUT2D eigenvalue weighted by molar-refractivity contribution is -0.145. The quantitative estimate of drug-likeness (QED) is 0.192. The maximum Gasteiger partial charge on any atom is 0.326 e.